The normalized spacial score (nSPS) is 16.9. The summed E-state index contributed by atoms with van der Waals surface area (Å²) < 4.78 is 5.78. The largest absolute Gasteiger partial charge is 0.507 e. The van der Waals surface area contributed by atoms with Crippen LogP contribution < -0.4 is 9.64 Å². The van der Waals surface area contributed by atoms with E-state index in [4.69, 9.17) is 4.74 Å². The highest BCUT2D eigenvalue weighted by Crippen LogP contribution is 2.41. The number of hydrogen-bond acceptors (Lipinski definition) is 6. The fourth-order valence-corrected chi connectivity index (χ4v) is 4.68. The van der Waals surface area contributed by atoms with Crippen molar-refractivity contribution in [3.63, 3.8) is 0 Å². The second-order valence-electron chi connectivity index (χ2n) is 9.24. The average molecular weight is 500 g/mol. The zero-order chi connectivity index (χ0) is 26.5. The Bertz CT molecular complexity index is 1280. The maximum Gasteiger partial charge on any atom is 0.295 e. The fraction of sp³-hybridized carbons (Fsp3) is 0.300. The second kappa shape index (κ2) is 11.3. The first-order valence-corrected chi connectivity index (χ1v) is 12.6. The molecule has 7 nitrogen and oxygen atoms in total. The number of aromatic nitrogens is 1. The number of aliphatic hydroxyl groups is 1. The monoisotopic (exact) mass is 499 g/mol. The summed E-state index contributed by atoms with van der Waals surface area (Å²) in [7, 11) is 0. The zero-order valence-electron chi connectivity index (χ0n) is 21.7. The van der Waals surface area contributed by atoms with E-state index >= 15 is 0 Å². The van der Waals surface area contributed by atoms with Gasteiger partial charge in [-0.25, -0.2) is 0 Å². The van der Waals surface area contributed by atoms with Crippen molar-refractivity contribution in [3.8, 4) is 5.75 Å². The first-order valence-electron chi connectivity index (χ1n) is 12.6. The highest BCUT2D eigenvalue weighted by molar-refractivity contribution is 6.46. The summed E-state index contributed by atoms with van der Waals surface area (Å²) in [6.45, 7) is 9.97. The number of carbonyl (C=O) groups is 2. The summed E-state index contributed by atoms with van der Waals surface area (Å²) in [5.41, 5.74) is 3.13. The van der Waals surface area contributed by atoms with Crippen LogP contribution in [0.2, 0.25) is 0 Å². The number of amides is 1. The Kier molecular flexibility index (Phi) is 7.92. The molecule has 0 aliphatic carbocycles. The standard InChI is InChI=1S/C30H33N3O4/c1-5-32(6-2)24-12-10-22(11-13-24)27-26(28(34)23-8-7-9-25(18-23)37-20(3)4)29(35)30(36)33(27)19-21-14-16-31-17-15-21/h7-18,20,27,34H,5-6,19H2,1-4H3/b28-26-. The van der Waals surface area contributed by atoms with Crippen LogP contribution in [0.1, 0.15) is 50.4 Å². The van der Waals surface area contributed by atoms with Gasteiger partial charge < -0.3 is 19.6 Å². The van der Waals surface area contributed by atoms with Crippen LogP contribution in [0.15, 0.2) is 78.6 Å². The molecule has 0 spiro atoms. The lowest BCUT2D eigenvalue weighted by atomic mass is 9.95. The van der Waals surface area contributed by atoms with Crippen molar-refractivity contribution in [1.29, 1.82) is 0 Å². The second-order valence-corrected chi connectivity index (χ2v) is 9.24. The van der Waals surface area contributed by atoms with Crippen molar-refractivity contribution >= 4 is 23.1 Å². The van der Waals surface area contributed by atoms with E-state index < -0.39 is 17.7 Å². The number of hydrogen-bond donors (Lipinski definition) is 1. The van der Waals surface area contributed by atoms with Crippen LogP contribution in [0.5, 0.6) is 5.75 Å². The van der Waals surface area contributed by atoms with Gasteiger partial charge in [0.1, 0.15) is 11.5 Å². The number of aliphatic hydroxyl groups excluding tert-OH is 1. The predicted molar refractivity (Wildman–Crippen MR) is 144 cm³/mol. The molecule has 7 heteroatoms. The Balaban J connectivity index is 1.82. The van der Waals surface area contributed by atoms with Gasteiger partial charge in [-0.05, 0) is 75.2 Å². The Labute approximate surface area is 218 Å². The van der Waals surface area contributed by atoms with E-state index in [1.54, 1.807) is 36.7 Å². The third kappa shape index (κ3) is 5.50. The molecule has 1 aliphatic rings. The summed E-state index contributed by atoms with van der Waals surface area (Å²) in [6, 6.07) is 17.7. The van der Waals surface area contributed by atoms with Crippen molar-refractivity contribution < 1.29 is 19.4 Å². The van der Waals surface area contributed by atoms with E-state index in [2.05, 4.69) is 23.7 Å². The van der Waals surface area contributed by atoms with Crippen LogP contribution in [0.4, 0.5) is 5.69 Å². The molecule has 1 unspecified atom stereocenters. The molecule has 0 saturated carbocycles. The number of rotatable bonds is 9. The smallest absolute Gasteiger partial charge is 0.295 e. The Morgan fingerprint density at radius 1 is 1.03 bits per heavy atom. The van der Waals surface area contributed by atoms with E-state index in [0.29, 0.717) is 11.3 Å². The summed E-state index contributed by atoms with van der Waals surface area (Å²) in [5.74, 6) is -1.00. The maximum atomic E-state index is 13.4. The Morgan fingerprint density at radius 3 is 2.32 bits per heavy atom. The van der Waals surface area contributed by atoms with E-state index in [0.717, 1.165) is 29.9 Å². The molecule has 1 aliphatic heterocycles. The van der Waals surface area contributed by atoms with Crippen LogP contribution in [-0.4, -0.2) is 45.9 Å². The number of benzene rings is 2. The van der Waals surface area contributed by atoms with E-state index in [9.17, 15) is 14.7 Å². The molecular weight excluding hydrogens is 466 g/mol. The first kappa shape index (κ1) is 25.9. The lowest BCUT2D eigenvalue weighted by molar-refractivity contribution is -0.140. The Morgan fingerprint density at radius 2 is 1.70 bits per heavy atom. The van der Waals surface area contributed by atoms with Gasteiger partial charge >= 0.3 is 0 Å². The lowest BCUT2D eigenvalue weighted by Crippen LogP contribution is -2.29. The molecule has 1 N–H and O–H groups in total. The van der Waals surface area contributed by atoms with Crippen LogP contribution in [0.25, 0.3) is 5.76 Å². The average Bonchev–Trinajstić information content (AvgIpc) is 3.14. The van der Waals surface area contributed by atoms with Gasteiger partial charge in [-0.15, -0.1) is 0 Å². The van der Waals surface area contributed by atoms with Crippen LogP contribution in [0.3, 0.4) is 0 Å². The lowest BCUT2D eigenvalue weighted by Gasteiger charge is -2.27. The van der Waals surface area contributed by atoms with Gasteiger partial charge in [0.25, 0.3) is 11.7 Å². The van der Waals surface area contributed by atoms with Gasteiger partial charge in [0.15, 0.2) is 0 Å². The molecule has 2 aromatic carbocycles. The summed E-state index contributed by atoms with van der Waals surface area (Å²) >= 11 is 0. The van der Waals surface area contributed by atoms with Crippen molar-refractivity contribution in [3.05, 3.63) is 95.3 Å². The molecule has 192 valence electrons. The zero-order valence-corrected chi connectivity index (χ0v) is 21.7. The number of pyridine rings is 1. The molecule has 0 radical (unpaired) electrons. The number of carbonyl (C=O) groups excluding carboxylic acids is 2. The summed E-state index contributed by atoms with van der Waals surface area (Å²) in [6.07, 6.45) is 3.26. The minimum atomic E-state index is -0.742. The Hall–Kier alpha value is -4.13. The van der Waals surface area contributed by atoms with E-state index in [1.807, 2.05) is 50.2 Å². The van der Waals surface area contributed by atoms with Gasteiger partial charge in [0.2, 0.25) is 0 Å². The predicted octanol–water partition coefficient (Wildman–Crippen LogP) is 5.34. The van der Waals surface area contributed by atoms with E-state index in [-0.39, 0.29) is 24.0 Å². The highest BCUT2D eigenvalue weighted by atomic mass is 16.5. The quantitative estimate of drug-likeness (QED) is 0.243. The van der Waals surface area contributed by atoms with Crippen LogP contribution in [0, 0.1) is 0 Å². The third-order valence-corrected chi connectivity index (χ3v) is 6.46. The van der Waals surface area contributed by atoms with Crippen molar-refractivity contribution in [2.45, 2.75) is 46.4 Å². The highest BCUT2D eigenvalue weighted by Gasteiger charge is 2.46. The number of anilines is 1. The number of ether oxygens (including phenoxy) is 1. The third-order valence-electron chi connectivity index (χ3n) is 6.46. The molecule has 1 saturated heterocycles. The topological polar surface area (TPSA) is 83.0 Å². The minimum Gasteiger partial charge on any atom is -0.507 e. The molecule has 1 fully saturated rings. The molecule has 1 atom stereocenters. The minimum absolute atomic E-state index is 0.0485. The molecule has 1 aromatic heterocycles. The van der Waals surface area contributed by atoms with Crippen LogP contribution >= 0.6 is 0 Å². The van der Waals surface area contributed by atoms with Gasteiger partial charge in [-0.2, -0.15) is 0 Å². The van der Waals surface area contributed by atoms with Gasteiger partial charge in [0.05, 0.1) is 17.7 Å². The number of nitrogens with zero attached hydrogens (tertiary/aromatic N) is 3. The van der Waals surface area contributed by atoms with Gasteiger partial charge in [-0.3, -0.25) is 14.6 Å². The molecule has 2 heterocycles. The first-order chi connectivity index (χ1) is 17.8. The summed E-state index contributed by atoms with van der Waals surface area (Å²) in [4.78, 5) is 34.5. The van der Waals surface area contributed by atoms with E-state index in [1.165, 1.54) is 4.90 Å². The molecule has 1 amide bonds. The summed E-state index contributed by atoms with van der Waals surface area (Å²) in [5, 5.41) is 11.4. The number of likely N-dealkylation sites (tertiary alicyclic amines) is 1. The van der Waals surface area contributed by atoms with Crippen molar-refractivity contribution in [2.75, 3.05) is 18.0 Å². The van der Waals surface area contributed by atoms with Crippen molar-refractivity contribution in [2.24, 2.45) is 0 Å². The molecular formula is C30H33N3O4. The fourth-order valence-electron chi connectivity index (χ4n) is 4.68. The molecule has 0 bridgehead atoms. The van der Waals surface area contributed by atoms with Crippen LogP contribution in [-0.2, 0) is 16.1 Å². The van der Waals surface area contributed by atoms with Gasteiger partial charge in [0, 0.05) is 43.3 Å². The molecule has 4 rings (SSSR count). The maximum absolute atomic E-state index is 13.4. The molecule has 37 heavy (non-hydrogen) atoms. The number of ketones is 1. The SMILES string of the molecule is CCN(CC)c1ccc(C2/C(=C(/O)c3cccc(OC(C)C)c3)C(=O)C(=O)N2Cc2ccncc2)cc1. The number of Topliss-reactive ketones (excluding diaryl/α,β-unsaturated/α-hetero) is 1. The molecule has 3 aromatic rings. The van der Waals surface area contributed by atoms with Crippen molar-refractivity contribution in [1.82, 2.24) is 9.88 Å². The van der Waals surface area contributed by atoms with Gasteiger partial charge in [-0.1, -0.05) is 24.3 Å².